The van der Waals surface area contributed by atoms with Crippen molar-refractivity contribution in [2.24, 2.45) is 0 Å². The molecule has 180 valence electrons. The fourth-order valence-corrected chi connectivity index (χ4v) is 3.97. The number of anilines is 4. The van der Waals surface area contributed by atoms with Gasteiger partial charge in [-0.1, -0.05) is 32.0 Å². The van der Waals surface area contributed by atoms with Crippen LogP contribution in [0.1, 0.15) is 47.8 Å². The van der Waals surface area contributed by atoms with Gasteiger partial charge in [-0.15, -0.1) is 0 Å². The Morgan fingerprint density at radius 3 is 2.47 bits per heavy atom. The number of nitrogens with zero attached hydrogens (tertiary/aromatic N) is 6. The van der Waals surface area contributed by atoms with Crippen LogP contribution in [0, 0.1) is 13.8 Å². The van der Waals surface area contributed by atoms with Crippen molar-refractivity contribution in [1.82, 2.24) is 24.8 Å². The smallest absolute Gasteiger partial charge is 0.302 e. The number of oxazole rings is 1. The molecule has 0 bridgehead atoms. The van der Waals surface area contributed by atoms with E-state index in [0.29, 0.717) is 24.1 Å². The van der Waals surface area contributed by atoms with E-state index in [4.69, 9.17) is 4.42 Å². The minimum atomic E-state index is -0.367. The van der Waals surface area contributed by atoms with Gasteiger partial charge in [0.1, 0.15) is 5.82 Å². The zero-order valence-electron chi connectivity index (χ0n) is 20.3. The molecule has 0 atom stereocenters. The lowest BCUT2D eigenvalue weighted by atomic mass is 10.1. The van der Waals surface area contributed by atoms with Crippen LogP contribution in [-0.4, -0.2) is 63.5 Å². The highest BCUT2D eigenvalue weighted by Crippen LogP contribution is 2.22. The Bertz CT molecular complexity index is 1120. The van der Waals surface area contributed by atoms with E-state index in [1.807, 2.05) is 39.0 Å². The number of nitrogens with one attached hydrogen (secondary N) is 2. The molecule has 1 aliphatic heterocycles. The number of carbonyl (C=O) groups excluding carboxylic acids is 1. The Labute approximate surface area is 199 Å². The average Bonchev–Trinajstić information content (AvgIpc) is 3.30. The van der Waals surface area contributed by atoms with Crippen molar-refractivity contribution in [3.8, 4) is 0 Å². The highest BCUT2D eigenvalue weighted by molar-refractivity contribution is 6.03. The van der Waals surface area contributed by atoms with Gasteiger partial charge in [0.05, 0.1) is 6.20 Å². The minimum absolute atomic E-state index is 0.0993. The first kappa shape index (κ1) is 23.6. The van der Waals surface area contributed by atoms with Gasteiger partial charge in [-0.2, -0.15) is 15.0 Å². The second-order valence-corrected chi connectivity index (χ2v) is 8.43. The number of carbonyl (C=O) groups is 1. The molecule has 1 aromatic carbocycles. The largest absolute Gasteiger partial charge is 0.418 e. The molecule has 4 rings (SSSR count). The molecule has 10 nitrogen and oxygen atoms in total. The van der Waals surface area contributed by atoms with Crippen molar-refractivity contribution in [2.75, 3.05) is 48.3 Å². The van der Waals surface area contributed by atoms with Crippen LogP contribution in [0.3, 0.4) is 0 Å². The van der Waals surface area contributed by atoms with Crippen molar-refractivity contribution in [3.05, 3.63) is 47.1 Å². The lowest BCUT2D eigenvalue weighted by Gasteiger charge is -2.34. The maximum Gasteiger partial charge on any atom is 0.302 e. The van der Waals surface area contributed by atoms with Crippen molar-refractivity contribution in [2.45, 2.75) is 40.5 Å². The van der Waals surface area contributed by atoms with Gasteiger partial charge in [-0.05, 0) is 37.9 Å². The standard InChI is InChI=1S/C24H32N8O2/c1-5-10-31-11-13-32(14-12-31)23-27-19(6-2)26-22(29-23)30-24-25-15-18(34-24)21(33)28-20-16(3)8-7-9-17(20)4/h7-9,15H,5-6,10-14H2,1-4H3,(H,28,33)(H,25,26,27,29,30). The summed E-state index contributed by atoms with van der Waals surface area (Å²) in [5, 5.41) is 5.89. The fraction of sp³-hybridized carbons (Fsp3) is 0.458. The molecule has 1 amide bonds. The predicted molar refractivity (Wildman–Crippen MR) is 132 cm³/mol. The van der Waals surface area contributed by atoms with Crippen LogP contribution in [0.4, 0.5) is 23.6 Å². The molecule has 0 spiro atoms. The summed E-state index contributed by atoms with van der Waals surface area (Å²) in [5.41, 5.74) is 2.73. The maximum atomic E-state index is 12.7. The third-order valence-electron chi connectivity index (χ3n) is 5.85. The highest BCUT2D eigenvalue weighted by Gasteiger charge is 2.21. The first-order chi connectivity index (χ1) is 16.5. The monoisotopic (exact) mass is 464 g/mol. The van der Waals surface area contributed by atoms with Crippen molar-refractivity contribution in [1.29, 1.82) is 0 Å². The van der Waals surface area contributed by atoms with Gasteiger partial charge in [0, 0.05) is 38.3 Å². The van der Waals surface area contributed by atoms with Crippen LogP contribution in [0.15, 0.2) is 28.8 Å². The van der Waals surface area contributed by atoms with E-state index in [9.17, 15) is 4.79 Å². The molecule has 34 heavy (non-hydrogen) atoms. The van der Waals surface area contributed by atoms with Crippen LogP contribution in [0.25, 0.3) is 0 Å². The Hall–Kier alpha value is -3.53. The summed E-state index contributed by atoms with van der Waals surface area (Å²) in [7, 11) is 0. The molecule has 3 aromatic rings. The van der Waals surface area contributed by atoms with Gasteiger partial charge in [0.2, 0.25) is 17.7 Å². The fourth-order valence-electron chi connectivity index (χ4n) is 3.97. The molecule has 1 aliphatic rings. The normalized spacial score (nSPS) is 14.3. The van der Waals surface area contributed by atoms with E-state index in [0.717, 1.165) is 56.0 Å². The van der Waals surface area contributed by atoms with Gasteiger partial charge < -0.3 is 14.6 Å². The predicted octanol–water partition coefficient (Wildman–Crippen LogP) is 3.57. The molecule has 0 aliphatic carbocycles. The van der Waals surface area contributed by atoms with E-state index >= 15 is 0 Å². The molecule has 1 saturated heterocycles. The Morgan fingerprint density at radius 2 is 1.79 bits per heavy atom. The van der Waals surface area contributed by atoms with E-state index < -0.39 is 0 Å². The number of amides is 1. The number of piperazine rings is 1. The third-order valence-corrected chi connectivity index (χ3v) is 5.85. The number of para-hydroxylation sites is 1. The zero-order valence-corrected chi connectivity index (χ0v) is 20.3. The molecule has 1 fully saturated rings. The number of benzene rings is 1. The van der Waals surface area contributed by atoms with Gasteiger partial charge in [-0.3, -0.25) is 15.0 Å². The van der Waals surface area contributed by atoms with Crippen molar-refractivity contribution >= 4 is 29.5 Å². The van der Waals surface area contributed by atoms with E-state index in [1.54, 1.807) is 0 Å². The lowest BCUT2D eigenvalue weighted by Crippen LogP contribution is -2.47. The topological polar surface area (TPSA) is 112 Å². The first-order valence-electron chi connectivity index (χ1n) is 11.8. The second kappa shape index (κ2) is 10.6. The number of hydrogen-bond donors (Lipinski definition) is 2. The minimum Gasteiger partial charge on any atom is -0.418 e. The summed E-state index contributed by atoms with van der Waals surface area (Å²) in [6, 6.07) is 6.00. The SMILES string of the molecule is CCCN1CCN(c2nc(CC)nc(Nc3ncc(C(=O)Nc4c(C)cccc4C)o3)n2)CC1. The van der Waals surface area contributed by atoms with Crippen LogP contribution in [0.2, 0.25) is 0 Å². The summed E-state index contributed by atoms with van der Waals surface area (Å²) in [6.07, 6.45) is 3.22. The van der Waals surface area contributed by atoms with Gasteiger partial charge in [0.25, 0.3) is 5.91 Å². The molecular weight excluding hydrogens is 432 g/mol. The molecule has 0 unspecified atom stereocenters. The maximum absolute atomic E-state index is 12.7. The van der Waals surface area contributed by atoms with Crippen LogP contribution in [-0.2, 0) is 6.42 Å². The Kier molecular flexibility index (Phi) is 7.36. The second-order valence-electron chi connectivity index (χ2n) is 8.43. The summed E-state index contributed by atoms with van der Waals surface area (Å²) in [5.74, 6) is 1.41. The van der Waals surface area contributed by atoms with E-state index in [-0.39, 0.29) is 17.7 Å². The number of aromatic nitrogens is 4. The van der Waals surface area contributed by atoms with Crippen LogP contribution >= 0.6 is 0 Å². The first-order valence-corrected chi connectivity index (χ1v) is 11.8. The molecule has 3 heterocycles. The summed E-state index contributed by atoms with van der Waals surface area (Å²) < 4.78 is 5.65. The van der Waals surface area contributed by atoms with Gasteiger partial charge in [-0.25, -0.2) is 4.98 Å². The van der Waals surface area contributed by atoms with E-state index in [2.05, 4.69) is 47.3 Å². The summed E-state index contributed by atoms with van der Waals surface area (Å²) in [4.78, 5) is 35.2. The summed E-state index contributed by atoms with van der Waals surface area (Å²) in [6.45, 7) is 12.9. The molecule has 0 saturated carbocycles. The molecule has 10 heteroatoms. The Balaban J connectivity index is 1.46. The highest BCUT2D eigenvalue weighted by atomic mass is 16.4. The van der Waals surface area contributed by atoms with E-state index in [1.165, 1.54) is 6.20 Å². The molecule has 2 aromatic heterocycles. The number of aryl methyl sites for hydroxylation is 3. The van der Waals surface area contributed by atoms with Gasteiger partial charge >= 0.3 is 6.01 Å². The number of hydrogen-bond acceptors (Lipinski definition) is 9. The third kappa shape index (κ3) is 5.51. The molecule has 2 N–H and O–H groups in total. The average molecular weight is 465 g/mol. The molecule has 0 radical (unpaired) electrons. The van der Waals surface area contributed by atoms with Crippen LogP contribution in [0.5, 0.6) is 0 Å². The van der Waals surface area contributed by atoms with Crippen LogP contribution < -0.4 is 15.5 Å². The molecular formula is C24H32N8O2. The lowest BCUT2D eigenvalue weighted by molar-refractivity contribution is 0.0997. The van der Waals surface area contributed by atoms with Crippen molar-refractivity contribution in [3.63, 3.8) is 0 Å². The van der Waals surface area contributed by atoms with Crippen molar-refractivity contribution < 1.29 is 9.21 Å². The summed E-state index contributed by atoms with van der Waals surface area (Å²) >= 11 is 0. The Morgan fingerprint density at radius 1 is 1.06 bits per heavy atom. The van der Waals surface area contributed by atoms with Gasteiger partial charge in [0.15, 0.2) is 0 Å². The zero-order chi connectivity index (χ0) is 24.1. The quantitative estimate of drug-likeness (QED) is 0.516. The number of rotatable bonds is 8.